The van der Waals surface area contributed by atoms with E-state index in [1.807, 2.05) is 0 Å². The first-order chi connectivity index (χ1) is 7.92. The number of nitrogens with one attached hydrogen (secondary N) is 1. The Morgan fingerprint density at radius 1 is 0.750 bits per heavy atom. The lowest BCUT2D eigenvalue weighted by Gasteiger charge is -2.32. The molecule has 92 valence electrons. The van der Waals surface area contributed by atoms with Gasteiger partial charge >= 0.3 is 0 Å². The van der Waals surface area contributed by atoms with Crippen molar-refractivity contribution in [1.29, 1.82) is 0 Å². The molecular weight excluding hydrogens is 196 g/mol. The van der Waals surface area contributed by atoms with Crippen molar-refractivity contribution >= 4 is 0 Å². The van der Waals surface area contributed by atoms with E-state index in [2.05, 4.69) is 10.2 Å². The van der Waals surface area contributed by atoms with Gasteiger partial charge in [-0.2, -0.15) is 0 Å². The Balaban J connectivity index is 1.60. The number of likely N-dealkylation sites (tertiary alicyclic amines) is 1. The molecule has 0 aromatic carbocycles. The van der Waals surface area contributed by atoms with Gasteiger partial charge in [0.15, 0.2) is 0 Å². The van der Waals surface area contributed by atoms with Gasteiger partial charge in [0, 0.05) is 24.7 Å². The summed E-state index contributed by atoms with van der Waals surface area (Å²) in [6.45, 7) is 2.69. The molecule has 1 saturated carbocycles. The first-order valence-electron chi connectivity index (χ1n) is 7.42. The molecule has 2 bridgehead atoms. The lowest BCUT2D eigenvalue weighted by atomic mass is 10.0. The molecule has 2 heterocycles. The molecule has 0 spiro atoms. The van der Waals surface area contributed by atoms with Gasteiger partial charge in [0.2, 0.25) is 0 Å². The van der Waals surface area contributed by atoms with Crippen molar-refractivity contribution in [2.45, 2.75) is 75.9 Å². The maximum atomic E-state index is 3.80. The SMILES string of the molecule is C1CCCC(N2CCC3CCC(C2)N3)CC1. The summed E-state index contributed by atoms with van der Waals surface area (Å²) in [7, 11) is 0. The number of hydrogen-bond donors (Lipinski definition) is 1. The topological polar surface area (TPSA) is 15.3 Å². The van der Waals surface area contributed by atoms with Crippen LogP contribution >= 0.6 is 0 Å². The molecule has 0 radical (unpaired) electrons. The van der Waals surface area contributed by atoms with Gasteiger partial charge in [-0.1, -0.05) is 25.7 Å². The molecule has 3 rings (SSSR count). The summed E-state index contributed by atoms with van der Waals surface area (Å²) in [4.78, 5) is 2.82. The van der Waals surface area contributed by atoms with Gasteiger partial charge in [0.25, 0.3) is 0 Å². The number of nitrogens with zero attached hydrogens (tertiary/aromatic N) is 1. The van der Waals surface area contributed by atoms with E-state index in [1.165, 1.54) is 70.9 Å². The average Bonchev–Trinajstić information content (AvgIpc) is 2.52. The summed E-state index contributed by atoms with van der Waals surface area (Å²) in [5.41, 5.74) is 0. The van der Waals surface area contributed by atoms with Gasteiger partial charge in [0.05, 0.1) is 0 Å². The van der Waals surface area contributed by atoms with Crippen LogP contribution < -0.4 is 5.32 Å². The number of fused-ring (bicyclic) bond motifs is 2. The Labute approximate surface area is 99.8 Å². The lowest BCUT2D eigenvalue weighted by Crippen LogP contribution is -2.41. The Hall–Kier alpha value is -0.0800. The highest BCUT2D eigenvalue weighted by Crippen LogP contribution is 2.27. The van der Waals surface area contributed by atoms with Gasteiger partial charge < -0.3 is 5.32 Å². The van der Waals surface area contributed by atoms with Crippen LogP contribution in [-0.4, -0.2) is 36.1 Å². The highest BCUT2D eigenvalue weighted by Gasteiger charge is 2.31. The Morgan fingerprint density at radius 2 is 1.50 bits per heavy atom. The minimum absolute atomic E-state index is 0.816. The van der Waals surface area contributed by atoms with Crippen LogP contribution in [0.15, 0.2) is 0 Å². The molecule has 0 aromatic rings. The zero-order valence-electron chi connectivity index (χ0n) is 10.5. The summed E-state index contributed by atoms with van der Waals surface area (Å²) < 4.78 is 0. The highest BCUT2D eigenvalue weighted by molar-refractivity contribution is 4.91. The Bertz CT molecular complexity index is 221. The fourth-order valence-corrected chi connectivity index (χ4v) is 3.92. The molecule has 0 aromatic heterocycles. The van der Waals surface area contributed by atoms with Crippen LogP contribution in [0.25, 0.3) is 0 Å². The third-order valence-corrected chi connectivity index (χ3v) is 4.90. The fourth-order valence-electron chi connectivity index (χ4n) is 3.92. The normalized spacial score (nSPS) is 38.2. The standard InChI is InChI=1S/C14H26N2/c1-2-4-6-14(5-3-1)16-10-9-12-7-8-13(11-16)15-12/h12-15H,1-11H2. The van der Waals surface area contributed by atoms with Gasteiger partial charge in [0.1, 0.15) is 0 Å². The van der Waals surface area contributed by atoms with Crippen molar-refractivity contribution in [1.82, 2.24) is 10.2 Å². The first-order valence-corrected chi connectivity index (χ1v) is 7.42. The quantitative estimate of drug-likeness (QED) is 0.686. The average molecular weight is 222 g/mol. The molecule has 0 amide bonds. The van der Waals surface area contributed by atoms with Crippen molar-refractivity contribution in [2.75, 3.05) is 13.1 Å². The zero-order chi connectivity index (χ0) is 10.8. The molecule has 2 atom stereocenters. The van der Waals surface area contributed by atoms with E-state index in [-0.39, 0.29) is 0 Å². The molecule has 3 fully saturated rings. The van der Waals surface area contributed by atoms with Crippen molar-refractivity contribution in [3.8, 4) is 0 Å². The molecule has 2 saturated heterocycles. The van der Waals surface area contributed by atoms with E-state index in [9.17, 15) is 0 Å². The summed E-state index contributed by atoms with van der Waals surface area (Å²) >= 11 is 0. The third-order valence-electron chi connectivity index (χ3n) is 4.90. The maximum Gasteiger partial charge on any atom is 0.0198 e. The monoisotopic (exact) mass is 222 g/mol. The minimum Gasteiger partial charge on any atom is -0.310 e. The van der Waals surface area contributed by atoms with Crippen LogP contribution in [0.3, 0.4) is 0 Å². The summed E-state index contributed by atoms with van der Waals surface area (Å²) in [6, 6.07) is 2.58. The second-order valence-electron chi connectivity index (χ2n) is 6.07. The van der Waals surface area contributed by atoms with Crippen LogP contribution in [0.5, 0.6) is 0 Å². The van der Waals surface area contributed by atoms with Crippen molar-refractivity contribution in [2.24, 2.45) is 0 Å². The van der Waals surface area contributed by atoms with Gasteiger partial charge in [-0.3, -0.25) is 4.90 Å². The Kier molecular flexibility index (Phi) is 3.49. The summed E-state index contributed by atoms with van der Waals surface area (Å²) in [5.74, 6) is 0. The maximum absolute atomic E-state index is 3.80. The smallest absolute Gasteiger partial charge is 0.0198 e. The van der Waals surface area contributed by atoms with E-state index in [1.54, 1.807) is 0 Å². The molecule has 2 heteroatoms. The highest BCUT2D eigenvalue weighted by atomic mass is 15.2. The molecular formula is C14H26N2. The second kappa shape index (κ2) is 5.05. The molecule has 3 aliphatic rings. The molecule has 2 unspecified atom stereocenters. The fraction of sp³-hybridized carbons (Fsp3) is 1.00. The van der Waals surface area contributed by atoms with Crippen LogP contribution in [0.2, 0.25) is 0 Å². The van der Waals surface area contributed by atoms with Crippen LogP contribution in [0.1, 0.15) is 57.8 Å². The molecule has 1 N–H and O–H groups in total. The third kappa shape index (κ3) is 2.43. The predicted octanol–water partition coefficient (Wildman–Crippen LogP) is 2.54. The molecule has 1 aliphatic carbocycles. The zero-order valence-corrected chi connectivity index (χ0v) is 10.5. The number of rotatable bonds is 1. The lowest BCUT2D eigenvalue weighted by molar-refractivity contribution is 0.170. The van der Waals surface area contributed by atoms with Crippen molar-refractivity contribution in [3.63, 3.8) is 0 Å². The number of hydrogen-bond acceptors (Lipinski definition) is 2. The van der Waals surface area contributed by atoms with E-state index < -0.39 is 0 Å². The van der Waals surface area contributed by atoms with E-state index >= 15 is 0 Å². The Morgan fingerprint density at radius 3 is 2.31 bits per heavy atom. The van der Waals surface area contributed by atoms with Gasteiger partial charge in [-0.25, -0.2) is 0 Å². The van der Waals surface area contributed by atoms with E-state index in [0.717, 1.165) is 18.1 Å². The van der Waals surface area contributed by atoms with Crippen molar-refractivity contribution < 1.29 is 0 Å². The van der Waals surface area contributed by atoms with Crippen LogP contribution in [0, 0.1) is 0 Å². The predicted molar refractivity (Wildman–Crippen MR) is 67.6 cm³/mol. The van der Waals surface area contributed by atoms with Crippen molar-refractivity contribution in [3.05, 3.63) is 0 Å². The summed E-state index contributed by atoms with van der Waals surface area (Å²) in [6.07, 6.45) is 13.1. The first kappa shape index (κ1) is 11.0. The van der Waals surface area contributed by atoms with Crippen LogP contribution in [0.4, 0.5) is 0 Å². The van der Waals surface area contributed by atoms with Gasteiger partial charge in [-0.05, 0) is 38.6 Å². The summed E-state index contributed by atoms with van der Waals surface area (Å²) in [5, 5.41) is 3.80. The van der Waals surface area contributed by atoms with Crippen LogP contribution in [-0.2, 0) is 0 Å². The van der Waals surface area contributed by atoms with E-state index in [0.29, 0.717) is 0 Å². The minimum atomic E-state index is 0.816. The van der Waals surface area contributed by atoms with Gasteiger partial charge in [-0.15, -0.1) is 0 Å². The molecule has 2 nitrogen and oxygen atoms in total. The second-order valence-corrected chi connectivity index (χ2v) is 6.07. The van der Waals surface area contributed by atoms with E-state index in [4.69, 9.17) is 0 Å². The molecule has 2 aliphatic heterocycles. The largest absolute Gasteiger partial charge is 0.310 e. The molecule has 16 heavy (non-hydrogen) atoms.